The molecule has 0 saturated heterocycles. The second-order valence-corrected chi connectivity index (χ2v) is 6.53. The Morgan fingerprint density at radius 3 is 2.56 bits per heavy atom. The molecule has 3 N–H and O–H groups in total. The third-order valence-corrected chi connectivity index (χ3v) is 4.09. The molecular weight excluding hydrogens is 226 g/mol. The second kappa shape index (κ2) is 3.46. The van der Waals surface area contributed by atoms with E-state index in [1.807, 2.05) is 0 Å². The highest BCUT2D eigenvalue weighted by molar-refractivity contribution is 7.90. The van der Waals surface area contributed by atoms with Gasteiger partial charge >= 0.3 is 0 Å². The zero-order valence-corrected chi connectivity index (χ0v) is 9.92. The fraction of sp³-hybridized carbons (Fsp3) is 0.455. The van der Waals surface area contributed by atoms with Crippen LogP contribution in [0, 0.1) is 0 Å². The molecule has 1 aromatic carbocycles. The van der Waals surface area contributed by atoms with Crippen LogP contribution in [-0.4, -0.2) is 25.3 Å². The Hall–Kier alpha value is -1.07. The van der Waals surface area contributed by atoms with Crippen LogP contribution in [0.1, 0.15) is 18.4 Å². The van der Waals surface area contributed by atoms with Crippen molar-refractivity contribution in [2.75, 3.05) is 6.26 Å². The van der Waals surface area contributed by atoms with Crippen LogP contribution in [0.4, 0.5) is 0 Å². The summed E-state index contributed by atoms with van der Waals surface area (Å²) in [4.78, 5) is 0.0201. The molecule has 0 aliphatic heterocycles. The van der Waals surface area contributed by atoms with Crippen LogP contribution in [0.25, 0.3) is 0 Å². The van der Waals surface area contributed by atoms with E-state index in [4.69, 9.17) is 5.73 Å². The van der Waals surface area contributed by atoms with E-state index in [0.29, 0.717) is 12.0 Å². The molecule has 0 heterocycles. The van der Waals surface area contributed by atoms with Crippen molar-refractivity contribution in [2.45, 2.75) is 29.7 Å². The summed E-state index contributed by atoms with van der Waals surface area (Å²) >= 11 is 0. The topological polar surface area (TPSA) is 80.4 Å². The first-order valence-electron chi connectivity index (χ1n) is 5.12. The quantitative estimate of drug-likeness (QED) is 0.821. The number of phenolic OH excluding ortho intramolecular Hbond substituents is 1. The Morgan fingerprint density at radius 1 is 1.44 bits per heavy atom. The molecule has 1 aromatic rings. The van der Waals surface area contributed by atoms with Gasteiger partial charge in [-0.1, -0.05) is 12.1 Å². The maximum absolute atomic E-state index is 11.6. The number of hydrogen-bond donors (Lipinski definition) is 2. The Labute approximate surface area is 95.0 Å². The average Bonchev–Trinajstić information content (AvgIpc) is 2.80. The lowest BCUT2D eigenvalue weighted by atomic mass is 10.0. The van der Waals surface area contributed by atoms with Gasteiger partial charge in [-0.3, -0.25) is 0 Å². The zero-order chi connectivity index (χ0) is 12.0. The molecule has 0 aromatic heterocycles. The third kappa shape index (κ3) is 2.20. The third-order valence-electron chi connectivity index (χ3n) is 2.88. The number of rotatable bonds is 3. The number of nitrogens with two attached hydrogens (primary N) is 1. The van der Waals surface area contributed by atoms with Gasteiger partial charge in [0.2, 0.25) is 0 Å². The molecule has 1 fully saturated rings. The van der Waals surface area contributed by atoms with E-state index in [0.717, 1.165) is 19.1 Å². The van der Waals surface area contributed by atoms with Gasteiger partial charge in [-0.25, -0.2) is 8.42 Å². The lowest BCUT2D eigenvalue weighted by Crippen LogP contribution is -2.25. The van der Waals surface area contributed by atoms with Gasteiger partial charge in [-0.15, -0.1) is 0 Å². The maximum atomic E-state index is 11.6. The molecule has 0 unspecified atom stereocenters. The normalized spacial score (nSPS) is 18.4. The first kappa shape index (κ1) is 11.4. The molecule has 5 heteroatoms. The predicted molar refractivity (Wildman–Crippen MR) is 61.1 cm³/mol. The van der Waals surface area contributed by atoms with Gasteiger partial charge in [0.1, 0.15) is 10.6 Å². The van der Waals surface area contributed by atoms with Gasteiger partial charge in [0.15, 0.2) is 9.84 Å². The van der Waals surface area contributed by atoms with Gasteiger partial charge in [0.05, 0.1) is 0 Å². The minimum atomic E-state index is -3.41. The maximum Gasteiger partial charge on any atom is 0.179 e. The van der Waals surface area contributed by atoms with E-state index in [-0.39, 0.29) is 16.2 Å². The number of aromatic hydroxyl groups is 1. The summed E-state index contributed by atoms with van der Waals surface area (Å²) < 4.78 is 23.2. The monoisotopic (exact) mass is 241 g/mol. The summed E-state index contributed by atoms with van der Waals surface area (Å²) in [6.45, 7) is 0. The summed E-state index contributed by atoms with van der Waals surface area (Å²) in [5.74, 6) is -0.191. The molecule has 4 nitrogen and oxygen atoms in total. The van der Waals surface area contributed by atoms with Crippen molar-refractivity contribution in [1.82, 2.24) is 0 Å². The molecule has 2 rings (SSSR count). The predicted octanol–water partition coefficient (Wildman–Crippen LogP) is 0.830. The van der Waals surface area contributed by atoms with Gasteiger partial charge in [0.25, 0.3) is 0 Å². The second-order valence-electron chi connectivity index (χ2n) is 4.58. The molecule has 0 atom stereocenters. The van der Waals surface area contributed by atoms with Crippen molar-refractivity contribution in [3.8, 4) is 5.75 Å². The van der Waals surface area contributed by atoms with Crippen molar-refractivity contribution >= 4 is 9.84 Å². The molecule has 0 bridgehead atoms. The molecule has 0 amide bonds. The average molecular weight is 241 g/mol. The van der Waals surface area contributed by atoms with Crippen LogP contribution in [0.5, 0.6) is 5.75 Å². The number of phenols is 1. The van der Waals surface area contributed by atoms with Crippen LogP contribution in [0.3, 0.4) is 0 Å². The number of benzene rings is 1. The van der Waals surface area contributed by atoms with Crippen molar-refractivity contribution in [1.29, 1.82) is 0 Å². The Balaban J connectivity index is 2.48. The SMILES string of the molecule is CS(=O)(=O)c1c(O)cccc1CC1(N)CC1. The highest BCUT2D eigenvalue weighted by Gasteiger charge is 2.39. The van der Waals surface area contributed by atoms with E-state index in [1.54, 1.807) is 12.1 Å². The Kier molecular flexibility index (Phi) is 2.47. The molecule has 1 saturated carbocycles. The Morgan fingerprint density at radius 2 is 2.06 bits per heavy atom. The number of hydrogen-bond acceptors (Lipinski definition) is 4. The molecule has 16 heavy (non-hydrogen) atoms. The Bertz CT molecular complexity index is 518. The van der Waals surface area contributed by atoms with Crippen molar-refractivity contribution in [3.05, 3.63) is 23.8 Å². The van der Waals surface area contributed by atoms with Crippen LogP contribution in [0.15, 0.2) is 23.1 Å². The molecule has 1 aliphatic rings. The van der Waals surface area contributed by atoms with E-state index in [1.165, 1.54) is 6.07 Å². The zero-order valence-electron chi connectivity index (χ0n) is 9.10. The van der Waals surface area contributed by atoms with Gasteiger partial charge < -0.3 is 10.8 Å². The lowest BCUT2D eigenvalue weighted by Gasteiger charge is -2.13. The van der Waals surface area contributed by atoms with Crippen molar-refractivity contribution in [3.63, 3.8) is 0 Å². The van der Waals surface area contributed by atoms with E-state index in [2.05, 4.69) is 0 Å². The molecule has 0 radical (unpaired) electrons. The molecule has 1 aliphatic carbocycles. The fourth-order valence-corrected chi connectivity index (χ4v) is 2.92. The molecule has 0 spiro atoms. The molecular formula is C11H15NO3S. The standard InChI is InChI=1S/C11H15NO3S/c1-16(14,15)10-8(3-2-4-9(10)13)7-11(12)5-6-11/h2-4,13H,5-7,12H2,1H3. The lowest BCUT2D eigenvalue weighted by molar-refractivity contribution is 0.456. The number of sulfone groups is 1. The van der Waals surface area contributed by atoms with Gasteiger partial charge in [-0.2, -0.15) is 0 Å². The molecule has 88 valence electrons. The van der Waals surface area contributed by atoms with Crippen LogP contribution >= 0.6 is 0 Å². The minimum Gasteiger partial charge on any atom is -0.507 e. The van der Waals surface area contributed by atoms with Crippen molar-refractivity contribution in [2.24, 2.45) is 5.73 Å². The van der Waals surface area contributed by atoms with Crippen LogP contribution in [-0.2, 0) is 16.3 Å². The van der Waals surface area contributed by atoms with Crippen LogP contribution in [0.2, 0.25) is 0 Å². The minimum absolute atomic E-state index is 0.0201. The smallest absolute Gasteiger partial charge is 0.179 e. The largest absolute Gasteiger partial charge is 0.507 e. The summed E-state index contributed by atoms with van der Waals surface area (Å²) in [6.07, 6.45) is 3.42. The fourth-order valence-electron chi connectivity index (χ4n) is 1.86. The van der Waals surface area contributed by atoms with E-state index in [9.17, 15) is 13.5 Å². The van der Waals surface area contributed by atoms with E-state index >= 15 is 0 Å². The first-order chi connectivity index (χ1) is 7.32. The summed E-state index contributed by atoms with van der Waals surface area (Å²) in [5.41, 5.74) is 6.31. The van der Waals surface area contributed by atoms with E-state index < -0.39 is 9.84 Å². The highest BCUT2D eigenvalue weighted by Crippen LogP contribution is 2.38. The summed E-state index contributed by atoms with van der Waals surface area (Å²) in [6, 6.07) is 4.74. The van der Waals surface area contributed by atoms with Crippen LogP contribution < -0.4 is 5.73 Å². The summed E-state index contributed by atoms with van der Waals surface area (Å²) in [5, 5.41) is 9.62. The summed E-state index contributed by atoms with van der Waals surface area (Å²) in [7, 11) is -3.41. The van der Waals surface area contributed by atoms with Gasteiger partial charge in [0, 0.05) is 11.8 Å². The van der Waals surface area contributed by atoms with Gasteiger partial charge in [-0.05, 0) is 30.9 Å². The highest BCUT2D eigenvalue weighted by atomic mass is 32.2. The first-order valence-corrected chi connectivity index (χ1v) is 7.01. The van der Waals surface area contributed by atoms with Crippen molar-refractivity contribution < 1.29 is 13.5 Å².